The maximum Gasteiger partial charge on any atom is 0.227 e. The normalized spacial score (nSPS) is 11.7. The minimum Gasteiger partial charge on any atom is -0.456 e. The molecular weight excluding hydrogens is 735 g/mol. The van der Waals surface area contributed by atoms with Gasteiger partial charge in [-0.1, -0.05) is 133 Å². The fourth-order valence-electron chi connectivity index (χ4n) is 8.86. The Morgan fingerprint density at radius 1 is 0.400 bits per heavy atom. The van der Waals surface area contributed by atoms with Crippen LogP contribution in [-0.2, 0) is 0 Å². The molecule has 9 aromatic carbocycles. The van der Waals surface area contributed by atoms with Gasteiger partial charge in [-0.15, -0.1) is 0 Å². The Morgan fingerprint density at radius 2 is 0.967 bits per heavy atom. The zero-order valence-corrected chi connectivity index (χ0v) is 32.4. The van der Waals surface area contributed by atoms with Crippen molar-refractivity contribution in [1.82, 2.24) is 9.55 Å². The summed E-state index contributed by atoms with van der Waals surface area (Å²) in [7, 11) is 0. The zero-order chi connectivity index (χ0) is 39.6. The second kappa shape index (κ2) is 13.8. The highest BCUT2D eigenvalue weighted by atomic mass is 16.4. The first-order valence-corrected chi connectivity index (χ1v) is 20.2. The van der Waals surface area contributed by atoms with Crippen molar-refractivity contribution in [3.05, 3.63) is 212 Å². The smallest absolute Gasteiger partial charge is 0.227 e. The van der Waals surface area contributed by atoms with Gasteiger partial charge in [0.25, 0.3) is 0 Å². The van der Waals surface area contributed by atoms with Crippen LogP contribution in [0, 0.1) is 0 Å². The van der Waals surface area contributed by atoms with Gasteiger partial charge in [-0.3, -0.25) is 0 Å². The van der Waals surface area contributed by atoms with Crippen molar-refractivity contribution in [3.8, 4) is 39.4 Å². The predicted octanol–water partition coefficient (Wildman–Crippen LogP) is 15.3. The Hall–Kier alpha value is -8.15. The third-order valence-corrected chi connectivity index (χ3v) is 11.6. The van der Waals surface area contributed by atoms with E-state index in [1.807, 2.05) is 48.5 Å². The highest BCUT2D eigenvalue weighted by Gasteiger charge is 2.23. The maximum absolute atomic E-state index is 6.68. The first-order chi connectivity index (χ1) is 29.7. The molecule has 3 heterocycles. The molecule has 5 heteroatoms. The van der Waals surface area contributed by atoms with E-state index in [2.05, 4.69) is 173 Å². The van der Waals surface area contributed by atoms with Gasteiger partial charge in [0.2, 0.25) is 5.89 Å². The quantitative estimate of drug-likeness (QED) is 0.162. The molecule has 0 N–H and O–H groups in total. The zero-order valence-electron chi connectivity index (χ0n) is 32.4. The lowest BCUT2D eigenvalue weighted by molar-refractivity contribution is 0.621. The topological polar surface area (TPSA) is 47.3 Å². The van der Waals surface area contributed by atoms with E-state index >= 15 is 0 Å². The molecule has 0 aliphatic carbocycles. The number of nitrogens with zero attached hydrogens (tertiary/aromatic N) is 3. The van der Waals surface area contributed by atoms with Crippen LogP contribution in [-0.4, -0.2) is 9.55 Å². The highest BCUT2D eigenvalue weighted by molar-refractivity contribution is 6.19. The fourth-order valence-corrected chi connectivity index (χ4v) is 8.86. The Labute approximate surface area is 345 Å². The number of hydrogen-bond donors (Lipinski definition) is 0. The summed E-state index contributed by atoms with van der Waals surface area (Å²) < 4.78 is 15.5. The molecule has 5 nitrogen and oxygen atoms in total. The number of fused-ring (bicyclic) bond motifs is 7. The van der Waals surface area contributed by atoms with E-state index in [0.717, 1.165) is 78.0 Å². The van der Waals surface area contributed by atoms with Crippen molar-refractivity contribution in [2.24, 2.45) is 0 Å². The molecule has 282 valence electrons. The van der Waals surface area contributed by atoms with E-state index in [0.29, 0.717) is 5.89 Å². The molecule has 0 saturated heterocycles. The Bertz CT molecular complexity index is 3510. The van der Waals surface area contributed by atoms with Crippen LogP contribution < -0.4 is 4.90 Å². The third kappa shape index (κ3) is 5.52. The molecule has 0 bridgehead atoms. The summed E-state index contributed by atoms with van der Waals surface area (Å²) >= 11 is 0. The summed E-state index contributed by atoms with van der Waals surface area (Å²) in [4.78, 5) is 7.32. The second-order valence-corrected chi connectivity index (χ2v) is 15.1. The molecule has 0 aliphatic heterocycles. The number of oxazole rings is 1. The number of rotatable bonds is 7. The summed E-state index contributed by atoms with van der Waals surface area (Å²) in [5, 5.41) is 4.47. The van der Waals surface area contributed by atoms with Crippen molar-refractivity contribution in [1.29, 1.82) is 0 Å². The number of aromatic nitrogens is 2. The molecule has 0 atom stereocenters. The summed E-state index contributed by atoms with van der Waals surface area (Å²) in [5.41, 5.74) is 14.9. The summed E-state index contributed by atoms with van der Waals surface area (Å²) in [6.45, 7) is 0. The number of benzene rings is 9. The first-order valence-electron chi connectivity index (χ1n) is 20.2. The van der Waals surface area contributed by atoms with Crippen LogP contribution in [0.5, 0.6) is 0 Å². The monoisotopic (exact) mass is 769 g/mol. The van der Waals surface area contributed by atoms with Gasteiger partial charge in [0, 0.05) is 61.5 Å². The van der Waals surface area contributed by atoms with Crippen LogP contribution >= 0.6 is 0 Å². The highest BCUT2D eigenvalue weighted by Crippen LogP contribution is 2.45. The molecule has 0 unspecified atom stereocenters. The van der Waals surface area contributed by atoms with Crippen molar-refractivity contribution >= 4 is 71.9 Å². The standard InChI is InChI=1S/C55H35N3O2/c1-4-14-36(15-5-1)37-24-28-41(29-25-37)57(43-32-33-45-44-20-10-12-22-48(44)58(49(45)34-43)40-18-8-3-9-19-40)42-30-26-38(27-31-42)52-53-46-21-11-13-23-50(46)59-51(53)35-47-54(52)60-55(56-47)39-16-6-2-7-17-39/h1-35H. The molecule has 60 heavy (non-hydrogen) atoms. The van der Waals surface area contributed by atoms with Gasteiger partial charge in [0.15, 0.2) is 5.58 Å². The van der Waals surface area contributed by atoms with Crippen molar-refractivity contribution in [2.75, 3.05) is 4.90 Å². The third-order valence-electron chi connectivity index (χ3n) is 11.6. The van der Waals surface area contributed by atoms with Crippen LogP contribution in [0.2, 0.25) is 0 Å². The minimum absolute atomic E-state index is 0.578. The Balaban J connectivity index is 1.05. The average molecular weight is 770 g/mol. The lowest BCUT2D eigenvalue weighted by Crippen LogP contribution is -2.10. The molecule has 0 amide bonds. The molecule has 3 aromatic heterocycles. The van der Waals surface area contributed by atoms with Crippen molar-refractivity contribution in [3.63, 3.8) is 0 Å². The summed E-state index contributed by atoms with van der Waals surface area (Å²) in [6.07, 6.45) is 0. The minimum atomic E-state index is 0.578. The molecule has 0 fully saturated rings. The van der Waals surface area contributed by atoms with Crippen LogP contribution in [0.4, 0.5) is 17.1 Å². The van der Waals surface area contributed by atoms with E-state index < -0.39 is 0 Å². The van der Waals surface area contributed by atoms with E-state index in [1.165, 1.54) is 27.4 Å². The van der Waals surface area contributed by atoms with Gasteiger partial charge in [0.1, 0.15) is 16.7 Å². The lowest BCUT2D eigenvalue weighted by atomic mass is 9.97. The number of furan rings is 1. The summed E-state index contributed by atoms with van der Waals surface area (Å²) in [5.74, 6) is 0.578. The van der Waals surface area contributed by atoms with Crippen molar-refractivity contribution < 1.29 is 8.83 Å². The number of anilines is 3. The second-order valence-electron chi connectivity index (χ2n) is 15.1. The molecule has 0 radical (unpaired) electrons. The van der Waals surface area contributed by atoms with Crippen molar-refractivity contribution in [2.45, 2.75) is 0 Å². The Morgan fingerprint density at radius 3 is 1.70 bits per heavy atom. The number of hydrogen-bond acceptors (Lipinski definition) is 4. The molecular formula is C55H35N3O2. The SMILES string of the molecule is c1ccc(-c2ccc(N(c3ccc(-c4c5oc(-c6ccccc6)nc5cc5oc6ccccc6c45)cc3)c3ccc4c5ccccc5n(-c5ccccc5)c4c3)cc2)cc1. The van der Waals surface area contributed by atoms with E-state index in [-0.39, 0.29) is 0 Å². The predicted molar refractivity (Wildman–Crippen MR) is 247 cm³/mol. The molecule has 0 saturated carbocycles. The van der Waals surface area contributed by atoms with Crippen LogP contribution in [0.15, 0.2) is 221 Å². The summed E-state index contributed by atoms with van der Waals surface area (Å²) in [6, 6.07) is 74.5. The van der Waals surface area contributed by atoms with E-state index in [9.17, 15) is 0 Å². The van der Waals surface area contributed by atoms with Crippen LogP contribution in [0.1, 0.15) is 0 Å². The fraction of sp³-hybridized carbons (Fsp3) is 0. The lowest BCUT2D eigenvalue weighted by Gasteiger charge is -2.26. The Kier molecular flexibility index (Phi) is 7.78. The van der Waals surface area contributed by atoms with Gasteiger partial charge in [-0.05, 0) is 89.5 Å². The molecule has 12 aromatic rings. The van der Waals surface area contributed by atoms with Gasteiger partial charge < -0.3 is 18.3 Å². The maximum atomic E-state index is 6.68. The van der Waals surface area contributed by atoms with Crippen LogP contribution in [0.25, 0.3) is 94.2 Å². The first kappa shape index (κ1) is 33.9. The average Bonchev–Trinajstić information content (AvgIpc) is 4.01. The van der Waals surface area contributed by atoms with Gasteiger partial charge in [-0.25, -0.2) is 4.98 Å². The van der Waals surface area contributed by atoms with Crippen LogP contribution in [0.3, 0.4) is 0 Å². The van der Waals surface area contributed by atoms with E-state index in [4.69, 9.17) is 13.8 Å². The van der Waals surface area contributed by atoms with Gasteiger partial charge >= 0.3 is 0 Å². The van der Waals surface area contributed by atoms with E-state index in [1.54, 1.807) is 0 Å². The molecule has 12 rings (SSSR count). The largest absolute Gasteiger partial charge is 0.456 e. The molecule has 0 spiro atoms. The van der Waals surface area contributed by atoms with Gasteiger partial charge in [0.05, 0.1) is 11.0 Å². The number of para-hydroxylation sites is 3. The molecule has 0 aliphatic rings. The van der Waals surface area contributed by atoms with Gasteiger partial charge in [-0.2, -0.15) is 0 Å².